The first-order valence-corrected chi connectivity index (χ1v) is 7.40. The van der Waals surface area contributed by atoms with Crippen LogP contribution in [0.4, 0.5) is 0 Å². The third-order valence-corrected chi connectivity index (χ3v) is 3.74. The number of hydrogen-bond donors (Lipinski definition) is 1. The van der Waals surface area contributed by atoms with Crippen molar-refractivity contribution in [1.29, 1.82) is 0 Å². The third-order valence-electron chi connectivity index (χ3n) is 3.19. The molecular formula is C16H10Cl2N2O3. The maximum Gasteiger partial charge on any atom is 0.331 e. The normalized spacial score (nSPS) is 14.2. The molecule has 0 aliphatic heterocycles. The van der Waals surface area contributed by atoms with Gasteiger partial charge in [0.2, 0.25) is 11.8 Å². The Labute approximate surface area is 141 Å². The van der Waals surface area contributed by atoms with Crippen LogP contribution in [-0.4, -0.2) is 21.3 Å². The molecule has 1 aromatic carbocycles. The van der Waals surface area contributed by atoms with E-state index in [4.69, 9.17) is 32.7 Å². The van der Waals surface area contributed by atoms with Crippen molar-refractivity contribution >= 4 is 34.7 Å². The maximum atomic E-state index is 11.2. The van der Waals surface area contributed by atoms with E-state index < -0.39 is 5.97 Å². The number of hydrogen-bond acceptors (Lipinski definition) is 4. The molecule has 5 nitrogen and oxygen atoms in total. The van der Waals surface area contributed by atoms with Crippen LogP contribution in [0.1, 0.15) is 12.3 Å². The second kappa shape index (κ2) is 6.40. The van der Waals surface area contributed by atoms with Gasteiger partial charge in [0.25, 0.3) is 0 Å². The lowest BCUT2D eigenvalue weighted by Crippen LogP contribution is -1.99. The third kappa shape index (κ3) is 3.36. The first-order chi connectivity index (χ1) is 11.0. The Morgan fingerprint density at radius 1 is 1.22 bits per heavy atom. The van der Waals surface area contributed by atoms with E-state index in [0.29, 0.717) is 27.6 Å². The van der Waals surface area contributed by atoms with E-state index in [1.165, 1.54) is 6.08 Å². The van der Waals surface area contributed by atoms with Gasteiger partial charge in [-0.3, -0.25) is 0 Å². The molecule has 0 radical (unpaired) electrons. The first-order valence-electron chi connectivity index (χ1n) is 6.64. The second-order valence-corrected chi connectivity index (χ2v) is 5.61. The minimum absolute atomic E-state index is 0.219. The van der Waals surface area contributed by atoms with E-state index in [2.05, 4.69) is 10.2 Å². The summed E-state index contributed by atoms with van der Waals surface area (Å²) < 4.78 is 5.62. The van der Waals surface area contributed by atoms with Crippen LogP contribution in [-0.2, 0) is 4.79 Å². The van der Waals surface area contributed by atoms with Crippen molar-refractivity contribution in [1.82, 2.24) is 10.2 Å². The lowest BCUT2D eigenvalue weighted by molar-refractivity contribution is -0.132. The summed E-state index contributed by atoms with van der Waals surface area (Å²) in [5.74, 6) is -0.527. The Bertz CT molecular complexity index is 866. The molecule has 1 aliphatic rings. The fraction of sp³-hybridized carbons (Fsp3) is 0.0625. The zero-order chi connectivity index (χ0) is 16.4. The molecule has 1 heterocycles. The van der Waals surface area contributed by atoms with Crippen LogP contribution < -0.4 is 0 Å². The number of halogens is 2. The molecule has 2 aromatic rings. The summed E-state index contributed by atoms with van der Waals surface area (Å²) in [7, 11) is 0. The molecule has 3 rings (SSSR count). The average Bonchev–Trinajstić information content (AvgIpc) is 2.84. The summed E-state index contributed by atoms with van der Waals surface area (Å²) in [4.78, 5) is 11.2. The van der Waals surface area contributed by atoms with E-state index in [-0.39, 0.29) is 17.4 Å². The molecule has 0 spiro atoms. The van der Waals surface area contributed by atoms with Crippen LogP contribution >= 0.6 is 23.2 Å². The monoisotopic (exact) mass is 348 g/mol. The molecule has 0 atom stereocenters. The summed E-state index contributed by atoms with van der Waals surface area (Å²) in [6.07, 6.45) is 7.07. The number of benzene rings is 1. The molecule has 0 saturated carbocycles. The summed E-state index contributed by atoms with van der Waals surface area (Å²) in [6.45, 7) is 0. The van der Waals surface area contributed by atoms with Crippen LogP contribution in [0.5, 0.6) is 0 Å². The Kier molecular flexibility index (Phi) is 4.32. The lowest BCUT2D eigenvalue weighted by Gasteiger charge is -2.00. The summed E-state index contributed by atoms with van der Waals surface area (Å²) in [5.41, 5.74) is 1.33. The maximum absolute atomic E-state index is 11.2. The molecule has 23 heavy (non-hydrogen) atoms. The molecule has 0 fully saturated rings. The van der Waals surface area contributed by atoms with Crippen molar-refractivity contribution in [3.05, 3.63) is 64.0 Å². The van der Waals surface area contributed by atoms with E-state index >= 15 is 0 Å². The molecule has 0 unspecified atom stereocenters. The summed E-state index contributed by atoms with van der Waals surface area (Å²) in [6, 6.07) is 4.93. The standard InChI is InChI=1S/C16H10Cl2N2O3/c17-11-5-6-12(13(18)8-11)15-20-19-14(23-15)9-3-1-2-4-10(7-9)16(21)22/h1-3,5-8H,4H2,(H,21,22). The highest BCUT2D eigenvalue weighted by molar-refractivity contribution is 6.36. The molecule has 116 valence electrons. The molecule has 0 saturated heterocycles. The number of aromatic nitrogens is 2. The largest absolute Gasteiger partial charge is 0.478 e. The molecular weight excluding hydrogens is 339 g/mol. The number of carbonyl (C=O) groups is 1. The molecule has 1 aromatic heterocycles. The number of nitrogens with zero attached hydrogens (tertiary/aromatic N) is 2. The fourth-order valence-electron chi connectivity index (χ4n) is 2.06. The van der Waals surface area contributed by atoms with Gasteiger partial charge in [-0.25, -0.2) is 4.79 Å². The van der Waals surface area contributed by atoms with Crippen molar-refractivity contribution in [2.45, 2.75) is 6.42 Å². The number of rotatable bonds is 3. The Balaban J connectivity index is 1.98. The van der Waals surface area contributed by atoms with Crippen LogP contribution in [0, 0.1) is 0 Å². The van der Waals surface area contributed by atoms with E-state index in [0.717, 1.165) is 0 Å². The van der Waals surface area contributed by atoms with Gasteiger partial charge in [-0.1, -0.05) is 35.4 Å². The van der Waals surface area contributed by atoms with Crippen LogP contribution in [0.15, 0.2) is 52.5 Å². The highest BCUT2D eigenvalue weighted by Crippen LogP contribution is 2.31. The van der Waals surface area contributed by atoms with Gasteiger partial charge >= 0.3 is 5.97 Å². The number of aliphatic carboxylic acids is 1. The van der Waals surface area contributed by atoms with Crippen molar-refractivity contribution in [3.8, 4) is 11.5 Å². The van der Waals surface area contributed by atoms with Gasteiger partial charge in [0.15, 0.2) is 0 Å². The molecule has 0 amide bonds. The van der Waals surface area contributed by atoms with E-state index in [9.17, 15) is 4.79 Å². The summed E-state index contributed by atoms with van der Waals surface area (Å²) >= 11 is 12.0. The topological polar surface area (TPSA) is 76.2 Å². The smallest absolute Gasteiger partial charge is 0.331 e. The fourth-order valence-corrected chi connectivity index (χ4v) is 2.54. The van der Waals surface area contributed by atoms with Gasteiger partial charge in [-0.2, -0.15) is 0 Å². The van der Waals surface area contributed by atoms with Crippen molar-refractivity contribution in [2.75, 3.05) is 0 Å². The van der Waals surface area contributed by atoms with Gasteiger partial charge in [0.05, 0.1) is 10.6 Å². The first kappa shape index (κ1) is 15.5. The minimum atomic E-state index is -0.983. The Morgan fingerprint density at radius 2 is 2.00 bits per heavy atom. The Hall–Kier alpha value is -2.37. The molecule has 0 bridgehead atoms. The van der Waals surface area contributed by atoms with Gasteiger partial charge in [0.1, 0.15) is 0 Å². The SMILES string of the molecule is O=C(O)C1=CC(c2nnc(-c3ccc(Cl)cc3Cl)o2)=CC=CC1. The zero-order valence-corrected chi connectivity index (χ0v) is 13.2. The Morgan fingerprint density at radius 3 is 2.74 bits per heavy atom. The predicted octanol–water partition coefficient (Wildman–Crippen LogP) is 4.40. The van der Waals surface area contributed by atoms with Gasteiger partial charge in [0, 0.05) is 16.2 Å². The van der Waals surface area contributed by atoms with Crippen LogP contribution in [0.3, 0.4) is 0 Å². The van der Waals surface area contributed by atoms with Gasteiger partial charge in [-0.15, -0.1) is 10.2 Å². The van der Waals surface area contributed by atoms with Gasteiger partial charge < -0.3 is 9.52 Å². The molecule has 7 heteroatoms. The van der Waals surface area contributed by atoms with E-state index in [1.807, 2.05) is 0 Å². The highest BCUT2D eigenvalue weighted by atomic mass is 35.5. The van der Waals surface area contributed by atoms with Gasteiger partial charge in [-0.05, 0) is 36.8 Å². The zero-order valence-electron chi connectivity index (χ0n) is 11.7. The molecule has 1 N–H and O–H groups in total. The quantitative estimate of drug-likeness (QED) is 0.889. The lowest BCUT2D eigenvalue weighted by atomic mass is 10.1. The second-order valence-electron chi connectivity index (χ2n) is 4.77. The minimum Gasteiger partial charge on any atom is -0.478 e. The van der Waals surface area contributed by atoms with Crippen molar-refractivity contribution < 1.29 is 14.3 Å². The highest BCUT2D eigenvalue weighted by Gasteiger charge is 2.16. The number of carboxylic acid groups (broad SMARTS) is 1. The van der Waals surface area contributed by atoms with Crippen LogP contribution in [0.25, 0.3) is 17.0 Å². The van der Waals surface area contributed by atoms with Crippen molar-refractivity contribution in [2.24, 2.45) is 0 Å². The number of carboxylic acids is 1. The summed E-state index contributed by atoms with van der Waals surface area (Å²) in [5, 5.41) is 18.0. The molecule has 1 aliphatic carbocycles. The average molecular weight is 349 g/mol. The predicted molar refractivity (Wildman–Crippen MR) is 87.2 cm³/mol. The van der Waals surface area contributed by atoms with Crippen molar-refractivity contribution in [3.63, 3.8) is 0 Å². The number of allylic oxidation sites excluding steroid dienone is 5. The van der Waals surface area contributed by atoms with Crippen LogP contribution in [0.2, 0.25) is 10.0 Å². The van der Waals surface area contributed by atoms with E-state index in [1.54, 1.807) is 36.4 Å².